The lowest BCUT2D eigenvalue weighted by Gasteiger charge is -2.31. The van der Waals surface area contributed by atoms with E-state index in [4.69, 9.17) is 36.7 Å². The Bertz CT molecular complexity index is 1730. The highest BCUT2D eigenvalue weighted by Gasteiger charge is 2.40. The van der Waals surface area contributed by atoms with E-state index in [2.05, 4.69) is 17.2 Å². The number of carbonyl (C=O) groups excluding carboxylic acids is 3. The predicted molar refractivity (Wildman–Crippen MR) is 193 cm³/mol. The first-order valence-electron chi connectivity index (χ1n) is 16.1. The molecule has 0 radical (unpaired) electrons. The first-order valence-corrected chi connectivity index (χ1v) is 19.8. The summed E-state index contributed by atoms with van der Waals surface area (Å²) in [4.78, 5) is 36.8. The Morgan fingerprint density at radius 3 is 2.29 bits per heavy atom. The molecule has 1 aliphatic heterocycles. The number of anilines is 2. The number of benzene rings is 3. The molecule has 0 bridgehead atoms. The van der Waals surface area contributed by atoms with Crippen molar-refractivity contribution in [3.8, 4) is 16.9 Å². The summed E-state index contributed by atoms with van der Waals surface area (Å²) in [5.74, 6) is -0.161. The van der Waals surface area contributed by atoms with Crippen molar-refractivity contribution in [2.45, 2.75) is 25.5 Å². The molecule has 0 saturated heterocycles. The van der Waals surface area contributed by atoms with Crippen LogP contribution in [0.15, 0.2) is 79.4 Å². The number of para-hydroxylation sites is 1. The smallest absolute Gasteiger partial charge is 0.459 e. The van der Waals surface area contributed by atoms with E-state index >= 15 is 0 Å². The number of amides is 2. The SMILES string of the molecule is C=CC(=O)OCCOC(=O)Nc1ccc(C)c(NC(=O)OC(COCCC[Si](OC)(OC)OC)CP2(=O)Oc3ccccc3-c3ccccc32)c1. The molecule has 2 unspecified atom stereocenters. The maximum absolute atomic E-state index is 14.6. The predicted octanol–water partition coefficient (Wildman–Crippen LogP) is 6.14. The van der Waals surface area contributed by atoms with E-state index < -0.39 is 40.4 Å². The van der Waals surface area contributed by atoms with Gasteiger partial charge >= 0.3 is 27.0 Å². The number of esters is 1. The van der Waals surface area contributed by atoms with Crippen LogP contribution in [0.25, 0.3) is 11.1 Å². The average molecular weight is 743 g/mol. The third-order valence-electron chi connectivity index (χ3n) is 7.87. The van der Waals surface area contributed by atoms with E-state index in [9.17, 15) is 18.9 Å². The van der Waals surface area contributed by atoms with Gasteiger partial charge in [-0.1, -0.05) is 49.0 Å². The van der Waals surface area contributed by atoms with Crippen LogP contribution < -0.4 is 20.5 Å². The van der Waals surface area contributed by atoms with Crippen LogP contribution in [0, 0.1) is 6.92 Å². The van der Waals surface area contributed by atoms with Gasteiger partial charge in [0.05, 0.1) is 18.1 Å². The molecule has 2 atom stereocenters. The summed E-state index contributed by atoms with van der Waals surface area (Å²) < 4.78 is 58.9. The first kappa shape index (κ1) is 39.3. The molecule has 2 amide bonds. The van der Waals surface area contributed by atoms with Crippen LogP contribution in [0.5, 0.6) is 5.75 Å². The molecule has 1 aliphatic rings. The van der Waals surface area contributed by atoms with Crippen LogP contribution in [0.4, 0.5) is 21.0 Å². The van der Waals surface area contributed by atoms with Gasteiger partial charge in [0.2, 0.25) is 0 Å². The number of hydrogen-bond donors (Lipinski definition) is 2. The van der Waals surface area contributed by atoms with Crippen molar-refractivity contribution >= 4 is 51.0 Å². The average Bonchev–Trinajstić information content (AvgIpc) is 3.13. The molecular weight excluding hydrogens is 699 g/mol. The first-order chi connectivity index (χ1) is 24.5. The monoisotopic (exact) mass is 742 g/mol. The maximum Gasteiger partial charge on any atom is 0.500 e. The lowest BCUT2D eigenvalue weighted by molar-refractivity contribution is -0.138. The van der Waals surface area contributed by atoms with Gasteiger partial charge in [-0.2, -0.15) is 0 Å². The van der Waals surface area contributed by atoms with Crippen LogP contribution in [0.1, 0.15) is 12.0 Å². The fraction of sp³-hybridized carbons (Fsp3) is 0.343. The number of hydrogen-bond acceptors (Lipinski definition) is 12. The molecule has 1 heterocycles. The molecular formula is C35H43N2O12PSi. The molecule has 0 fully saturated rings. The van der Waals surface area contributed by atoms with Crippen LogP contribution >= 0.6 is 7.37 Å². The van der Waals surface area contributed by atoms with Crippen LogP contribution in [0.3, 0.4) is 0 Å². The summed E-state index contributed by atoms with van der Waals surface area (Å²) >= 11 is 0. The Kier molecular flexibility index (Phi) is 14.4. The third kappa shape index (κ3) is 10.7. The molecule has 4 rings (SSSR count). The van der Waals surface area contributed by atoms with Crippen LogP contribution in [0.2, 0.25) is 6.04 Å². The van der Waals surface area contributed by atoms with E-state index in [0.717, 1.165) is 17.2 Å². The minimum Gasteiger partial charge on any atom is -0.459 e. The molecule has 0 spiro atoms. The second-order valence-corrected chi connectivity index (χ2v) is 16.7. The fourth-order valence-electron chi connectivity index (χ4n) is 5.28. The fourth-order valence-corrected chi connectivity index (χ4v) is 9.41. The molecule has 3 aromatic rings. The van der Waals surface area contributed by atoms with Gasteiger partial charge in [0.15, 0.2) is 0 Å². The zero-order valence-corrected chi connectivity index (χ0v) is 30.9. The zero-order chi connectivity index (χ0) is 36.9. The zero-order valence-electron chi connectivity index (χ0n) is 29.0. The van der Waals surface area contributed by atoms with Crippen LogP contribution in [-0.4, -0.2) is 87.0 Å². The number of fused-ring (bicyclic) bond motifs is 3. The van der Waals surface area contributed by atoms with Gasteiger partial charge < -0.3 is 36.7 Å². The molecule has 16 heteroatoms. The quantitative estimate of drug-likeness (QED) is 0.0383. The highest BCUT2D eigenvalue weighted by atomic mass is 31.2. The summed E-state index contributed by atoms with van der Waals surface area (Å²) in [7, 11) is -1.83. The number of rotatable bonds is 18. The second-order valence-electron chi connectivity index (χ2n) is 11.2. The maximum atomic E-state index is 14.6. The van der Waals surface area contributed by atoms with Gasteiger partial charge in [0.1, 0.15) is 25.1 Å². The molecule has 274 valence electrons. The van der Waals surface area contributed by atoms with Crippen molar-refractivity contribution in [1.29, 1.82) is 0 Å². The molecule has 51 heavy (non-hydrogen) atoms. The molecule has 0 aromatic heterocycles. The Labute approximate surface area is 298 Å². The van der Waals surface area contributed by atoms with Crippen molar-refractivity contribution in [2.24, 2.45) is 0 Å². The van der Waals surface area contributed by atoms with Gasteiger partial charge in [-0.05, 0) is 48.7 Å². The summed E-state index contributed by atoms with van der Waals surface area (Å²) in [6, 6.07) is 20.0. The number of aryl methyl sites for hydroxylation is 1. The molecule has 14 nitrogen and oxygen atoms in total. The van der Waals surface area contributed by atoms with E-state index in [0.29, 0.717) is 40.5 Å². The van der Waals surface area contributed by atoms with Crippen molar-refractivity contribution in [2.75, 3.05) is 64.6 Å². The Balaban J connectivity index is 1.46. The highest BCUT2D eigenvalue weighted by Crippen LogP contribution is 2.55. The number of carbonyl (C=O) groups is 3. The normalized spacial score (nSPS) is 15.3. The van der Waals surface area contributed by atoms with E-state index in [1.54, 1.807) is 43.3 Å². The van der Waals surface area contributed by atoms with Gasteiger partial charge in [0.25, 0.3) is 7.37 Å². The van der Waals surface area contributed by atoms with Gasteiger partial charge in [-0.15, -0.1) is 0 Å². The third-order valence-corrected chi connectivity index (χ3v) is 13.2. The Morgan fingerprint density at radius 1 is 0.882 bits per heavy atom. The lowest BCUT2D eigenvalue weighted by atomic mass is 10.0. The molecule has 0 saturated carbocycles. The second kappa shape index (κ2) is 18.7. The van der Waals surface area contributed by atoms with Crippen molar-refractivity contribution in [3.63, 3.8) is 0 Å². The topological polar surface area (TPSA) is 166 Å². The highest BCUT2D eigenvalue weighted by molar-refractivity contribution is 7.67. The van der Waals surface area contributed by atoms with Crippen molar-refractivity contribution < 1.29 is 55.7 Å². The van der Waals surface area contributed by atoms with Crippen molar-refractivity contribution in [3.05, 3.63) is 84.9 Å². The Hall–Kier alpha value is -4.50. The lowest BCUT2D eigenvalue weighted by Crippen LogP contribution is -2.42. The van der Waals surface area contributed by atoms with Crippen molar-refractivity contribution in [1.82, 2.24) is 0 Å². The summed E-state index contributed by atoms with van der Waals surface area (Å²) in [6.45, 7) is 4.93. The number of nitrogens with one attached hydrogen (secondary N) is 2. The standard InChI is InChI=1S/C35H43N2O12PSi/c1-6-33(38)46-19-20-47-34(39)36-26-17-16-25(2)30(22-26)37-35(40)48-27(23-45-18-11-21-51(42-3,43-4)44-5)24-50(41)32-15-10-8-13-29(32)28-12-7-9-14-31(28)49-50/h6-10,12-17,22,27H,1,11,18-21,23-24H2,2-5H3,(H,36,39)(H,37,40). The Morgan fingerprint density at radius 2 is 1.57 bits per heavy atom. The minimum atomic E-state index is -3.61. The van der Waals surface area contributed by atoms with Gasteiger partial charge in [-0.3, -0.25) is 15.2 Å². The van der Waals surface area contributed by atoms with E-state index in [1.165, 1.54) is 27.4 Å². The molecule has 0 aliphatic carbocycles. The minimum absolute atomic E-state index is 0.0827. The molecule has 2 N–H and O–H groups in total. The van der Waals surface area contributed by atoms with E-state index in [-0.39, 0.29) is 32.6 Å². The van der Waals surface area contributed by atoms with Crippen LogP contribution in [-0.2, 0) is 41.6 Å². The number of ether oxygens (including phenoxy) is 4. The van der Waals surface area contributed by atoms with E-state index in [1.807, 2.05) is 24.3 Å². The summed E-state index contributed by atoms with van der Waals surface area (Å²) in [5.41, 5.74) is 2.94. The largest absolute Gasteiger partial charge is 0.500 e. The molecule has 3 aromatic carbocycles. The summed E-state index contributed by atoms with van der Waals surface area (Å²) in [6.07, 6.45) is -1.24. The van der Waals surface area contributed by atoms with Gasteiger partial charge in [0, 0.05) is 57.0 Å². The summed E-state index contributed by atoms with van der Waals surface area (Å²) in [5, 5.41) is 5.78. The van der Waals surface area contributed by atoms with Gasteiger partial charge in [-0.25, -0.2) is 14.4 Å².